The van der Waals surface area contributed by atoms with Crippen LogP contribution in [-0.2, 0) is 0 Å². The largest absolute Gasteiger partial charge is 0.396 e. The number of aryl methyl sites for hydroxylation is 1. The summed E-state index contributed by atoms with van der Waals surface area (Å²) in [6, 6.07) is 8.59. The Morgan fingerprint density at radius 1 is 1.28 bits per heavy atom. The fourth-order valence-electron chi connectivity index (χ4n) is 2.48. The number of aliphatic hydroxyl groups is 1. The first kappa shape index (κ1) is 15.0. The molecule has 0 aliphatic heterocycles. The average Bonchev–Trinajstić information content (AvgIpc) is 2.36. The van der Waals surface area contributed by atoms with Gasteiger partial charge in [-0.3, -0.25) is 0 Å². The van der Waals surface area contributed by atoms with Crippen LogP contribution in [0.4, 0.5) is 5.69 Å². The molecule has 0 aliphatic carbocycles. The van der Waals surface area contributed by atoms with Crippen LogP contribution in [0, 0.1) is 12.3 Å². The lowest BCUT2D eigenvalue weighted by Gasteiger charge is -2.35. The van der Waals surface area contributed by atoms with Gasteiger partial charge in [0.25, 0.3) is 0 Å². The van der Waals surface area contributed by atoms with Crippen molar-refractivity contribution in [2.45, 2.75) is 40.5 Å². The van der Waals surface area contributed by atoms with Gasteiger partial charge in [-0.25, -0.2) is 0 Å². The Labute approximate surface area is 112 Å². The van der Waals surface area contributed by atoms with Crippen LogP contribution in [0.2, 0.25) is 0 Å². The highest BCUT2D eigenvalue weighted by Crippen LogP contribution is 2.27. The summed E-state index contributed by atoms with van der Waals surface area (Å²) in [6.45, 7) is 10.8. The van der Waals surface area contributed by atoms with E-state index in [-0.39, 0.29) is 12.0 Å². The molecule has 18 heavy (non-hydrogen) atoms. The van der Waals surface area contributed by atoms with Gasteiger partial charge in [0.1, 0.15) is 0 Å². The van der Waals surface area contributed by atoms with Crippen molar-refractivity contribution in [2.75, 3.05) is 24.6 Å². The van der Waals surface area contributed by atoms with Gasteiger partial charge in [-0.1, -0.05) is 32.4 Å². The molecule has 2 nitrogen and oxygen atoms in total. The molecule has 0 bridgehead atoms. The van der Waals surface area contributed by atoms with Gasteiger partial charge in [0.2, 0.25) is 0 Å². The number of rotatable bonds is 7. The van der Waals surface area contributed by atoms with Crippen LogP contribution in [0.5, 0.6) is 0 Å². The molecule has 1 atom stereocenters. The highest BCUT2D eigenvalue weighted by Gasteiger charge is 2.25. The zero-order valence-electron chi connectivity index (χ0n) is 12.2. The Hall–Kier alpha value is -1.02. The fourth-order valence-corrected chi connectivity index (χ4v) is 2.48. The quantitative estimate of drug-likeness (QED) is 0.798. The van der Waals surface area contributed by atoms with Gasteiger partial charge in [0.15, 0.2) is 0 Å². The first-order chi connectivity index (χ1) is 8.54. The third-order valence-electron chi connectivity index (χ3n) is 3.56. The van der Waals surface area contributed by atoms with Crippen molar-refractivity contribution < 1.29 is 5.11 Å². The van der Waals surface area contributed by atoms with Gasteiger partial charge in [-0.05, 0) is 38.0 Å². The predicted molar refractivity (Wildman–Crippen MR) is 79.2 cm³/mol. The molecule has 1 aromatic carbocycles. The maximum atomic E-state index is 9.64. The maximum Gasteiger partial charge on any atom is 0.0501 e. The molecule has 2 heteroatoms. The van der Waals surface area contributed by atoms with Crippen molar-refractivity contribution in [2.24, 2.45) is 5.41 Å². The Morgan fingerprint density at radius 2 is 2.00 bits per heavy atom. The summed E-state index contributed by atoms with van der Waals surface area (Å²) in [5.41, 5.74) is 2.54. The van der Waals surface area contributed by atoms with E-state index in [0.29, 0.717) is 0 Å². The molecule has 1 N–H and O–H groups in total. The number of hydrogen-bond acceptors (Lipinski definition) is 2. The normalized spacial score (nSPS) is 14.3. The average molecular weight is 249 g/mol. The van der Waals surface area contributed by atoms with Gasteiger partial charge in [0, 0.05) is 24.2 Å². The lowest BCUT2D eigenvalue weighted by Crippen LogP contribution is -2.38. The summed E-state index contributed by atoms with van der Waals surface area (Å²) in [5, 5.41) is 9.64. The van der Waals surface area contributed by atoms with Crippen LogP contribution in [0.1, 0.15) is 39.2 Å². The minimum atomic E-state index is -0.00545. The molecule has 0 heterocycles. The van der Waals surface area contributed by atoms with E-state index in [1.807, 2.05) is 0 Å². The van der Waals surface area contributed by atoms with Crippen molar-refractivity contribution >= 4 is 5.69 Å². The first-order valence-corrected chi connectivity index (χ1v) is 6.97. The summed E-state index contributed by atoms with van der Waals surface area (Å²) in [4.78, 5) is 2.36. The van der Waals surface area contributed by atoms with E-state index < -0.39 is 0 Å². The monoisotopic (exact) mass is 249 g/mol. The van der Waals surface area contributed by atoms with Crippen molar-refractivity contribution in [3.8, 4) is 0 Å². The van der Waals surface area contributed by atoms with Crippen LogP contribution in [0.25, 0.3) is 0 Å². The molecule has 0 saturated carbocycles. The maximum absolute atomic E-state index is 9.64. The van der Waals surface area contributed by atoms with Crippen molar-refractivity contribution in [3.05, 3.63) is 29.8 Å². The lowest BCUT2D eigenvalue weighted by molar-refractivity contribution is 0.137. The number of benzene rings is 1. The van der Waals surface area contributed by atoms with Crippen LogP contribution in [0.3, 0.4) is 0 Å². The van der Waals surface area contributed by atoms with Gasteiger partial charge in [-0.2, -0.15) is 0 Å². The molecular formula is C16H27NO. The fraction of sp³-hybridized carbons (Fsp3) is 0.625. The van der Waals surface area contributed by atoms with E-state index in [9.17, 15) is 5.11 Å². The van der Waals surface area contributed by atoms with E-state index in [1.165, 1.54) is 11.3 Å². The Balaban J connectivity index is 2.84. The van der Waals surface area contributed by atoms with Gasteiger partial charge < -0.3 is 10.0 Å². The van der Waals surface area contributed by atoms with Crippen LogP contribution in [0.15, 0.2) is 24.3 Å². The third kappa shape index (κ3) is 4.02. The number of anilines is 1. The summed E-state index contributed by atoms with van der Waals surface area (Å²) in [7, 11) is 0. The molecule has 0 fully saturated rings. The van der Waals surface area contributed by atoms with Crippen molar-refractivity contribution in [3.63, 3.8) is 0 Å². The molecule has 1 unspecified atom stereocenters. The van der Waals surface area contributed by atoms with Crippen LogP contribution >= 0.6 is 0 Å². The van der Waals surface area contributed by atoms with Gasteiger partial charge in [-0.15, -0.1) is 0 Å². The van der Waals surface area contributed by atoms with Gasteiger partial charge in [0.05, 0.1) is 6.61 Å². The molecule has 0 aromatic heterocycles. The summed E-state index contributed by atoms with van der Waals surface area (Å²) < 4.78 is 0. The molecular weight excluding hydrogens is 222 g/mol. The molecule has 0 spiro atoms. The summed E-state index contributed by atoms with van der Waals surface area (Å²) >= 11 is 0. The molecule has 0 saturated heterocycles. The van der Waals surface area contributed by atoms with E-state index in [2.05, 4.69) is 56.9 Å². The van der Waals surface area contributed by atoms with E-state index >= 15 is 0 Å². The van der Waals surface area contributed by atoms with Gasteiger partial charge >= 0.3 is 0 Å². The lowest BCUT2D eigenvalue weighted by atomic mass is 9.85. The zero-order chi connectivity index (χ0) is 13.6. The minimum Gasteiger partial charge on any atom is -0.396 e. The second kappa shape index (κ2) is 6.79. The van der Waals surface area contributed by atoms with Crippen molar-refractivity contribution in [1.29, 1.82) is 0 Å². The number of hydrogen-bond donors (Lipinski definition) is 1. The SMILES string of the molecule is CCCC(C)(CO)CN(CC)c1cccc(C)c1. The second-order valence-electron chi connectivity index (χ2n) is 5.57. The van der Waals surface area contributed by atoms with E-state index in [0.717, 1.165) is 25.9 Å². The Kier molecular flexibility index (Phi) is 5.67. The third-order valence-corrected chi connectivity index (χ3v) is 3.56. The molecule has 1 rings (SSSR count). The molecule has 102 valence electrons. The van der Waals surface area contributed by atoms with E-state index in [1.54, 1.807) is 0 Å². The topological polar surface area (TPSA) is 23.5 Å². The summed E-state index contributed by atoms with van der Waals surface area (Å²) in [5.74, 6) is 0. The summed E-state index contributed by atoms with van der Waals surface area (Å²) in [6.07, 6.45) is 2.17. The number of nitrogens with zero attached hydrogens (tertiary/aromatic N) is 1. The molecule has 0 amide bonds. The predicted octanol–water partition coefficient (Wildman–Crippen LogP) is 3.62. The highest BCUT2D eigenvalue weighted by atomic mass is 16.3. The Morgan fingerprint density at radius 3 is 2.50 bits per heavy atom. The van der Waals surface area contributed by atoms with E-state index in [4.69, 9.17) is 0 Å². The second-order valence-corrected chi connectivity index (χ2v) is 5.57. The molecule has 0 radical (unpaired) electrons. The molecule has 0 aliphatic rings. The standard InChI is InChI=1S/C16H27NO/c1-5-10-16(4,13-18)12-17(6-2)15-9-7-8-14(3)11-15/h7-9,11,18H,5-6,10,12-13H2,1-4H3. The smallest absolute Gasteiger partial charge is 0.0501 e. The Bertz CT molecular complexity index is 364. The van der Waals surface area contributed by atoms with Crippen LogP contribution < -0.4 is 4.90 Å². The van der Waals surface area contributed by atoms with Crippen LogP contribution in [-0.4, -0.2) is 24.8 Å². The van der Waals surface area contributed by atoms with Crippen molar-refractivity contribution in [1.82, 2.24) is 0 Å². The highest BCUT2D eigenvalue weighted by molar-refractivity contribution is 5.48. The minimum absolute atomic E-state index is 0.00545. The zero-order valence-corrected chi connectivity index (χ0v) is 12.2. The molecule has 1 aromatic rings. The number of aliphatic hydroxyl groups excluding tert-OH is 1. The first-order valence-electron chi connectivity index (χ1n) is 6.97.